The molecule has 3 aromatic carbocycles. The average Bonchev–Trinajstić information content (AvgIpc) is 2.80. The van der Waals surface area contributed by atoms with Gasteiger partial charge in [-0.3, -0.25) is 0 Å². The van der Waals surface area contributed by atoms with Crippen LogP contribution in [-0.4, -0.2) is 0 Å². The van der Waals surface area contributed by atoms with Gasteiger partial charge in [0.2, 0.25) is 0 Å². The van der Waals surface area contributed by atoms with Gasteiger partial charge in [-0.2, -0.15) is 0 Å². The molecule has 164 valence electrons. The summed E-state index contributed by atoms with van der Waals surface area (Å²) in [6.07, 6.45) is 13.4. The quantitative estimate of drug-likeness (QED) is 0.319. The van der Waals surface area contributed by atoms with Gasteiger partial charge in [0.15, 0.2) is 0 Å². The van der Waals surface area contributed by atoms with E-state index in [1.807, 2.05) is 18.2 Å². The van der Waals surface area contributed by atoms with E-state index >= 15 is 4.39 Å². The van der Waals surface area contributed by atoms with Crippen LogP contribution in [0.3, 0.4) is 0 Å². The summed E-state index contributed by atoms with van der Waals surface area (Å²) in [4.78, 5) is 0. The summed E-state index contributed by atoms with van der Waals surface area (Å²) in [5.74, 6) is 1.27. The minimum absolute atomic E-state index is 0.225. The third kappa shape index (κ3) is 5.53. The van der Waals surface area contributed by atoms with E-state index in [-0.39, 0.29) is 11.6 Å². The molecule has 0 saturated heterocycles. The molecule has 0 radical (unpaired) electrons. The summed E-state index contributed by atoms with van der Waals surface area (Å²) in [5.41, 5.74) is 2.53. The predicted molar refractivity (Wildman–Crippen MR) is 127 cm³/mol. The Morgan fingerprint density at radius 3 is 2.19 bits per heavy atom. The Labute approximate surface area is 185 Å². The topological polar surface area (TPSA) is 0 Å². The SMILES string of the molecule is CCCCCC1CCC(CCc2ccc3c(F)c(-c4ccc(F)cc4)ccc3c2)CC1. The van der Waals surface area contributed by atoms with Crippen LogP contribution in [0.5, 0.6) is 0 Å². The van der Waals surface area contributed by atoms with E-state index in [0.717, 1.165) is 23.6 Å². The second-order valence-corrected chi connectivity index (χ2v) is 9.41. The van der Waals surface area contributed by atoms with Crippen LogP contribution in [0.2, 0.25) is 0 Å². The van der Waals surface area contributed by atoms with Gasteiger partial charge in [0, 0.05) is 10.9 Å². The molecule has 31 heavy (non-hydrogen) atoms. The molecular weight excluding hydrogens is 386 g/mol. The molecule has 0 heterocycles. The maximum atomic E-state index is 15.1. The zero-order valence-corrected chi connectivity index (χ0v) is 18.7. The van der Waals surface area contributed by atoms with Crippen molar-refractivity contribution in [3.05, 3.63) is 71.8 Å². The molecule has 0 atom stereocenters. The molecule has 0 bridgehead atoms. The van der Waals surface area contributed by atoms with Crippen LogP contribution in [0.4, 0.5) is 8.78 Å². The van der Waals surface area contributed by atoms with Crippen LogP contribution >= 0.6 is 0 Å². The van der Waals surface area contributed by atoms with E-state index in [9.17, 15) is 4.39 Å². The molecule has 1 fully saturated rings. The van der Waals surface area contributed by atoms with Gasteiger partial charge in [-0.25, -0.2) is 8.78 Å². The molecule has 1 aliphatic carbocycles. The summed E-state index contributed by atoms with van der Waals surface area (Å²) in [6, 6.07) is 16.0. The Balaban J connectivity index is 1.37. The van der Waals surface area contributed by atoms with Gasteiger partial charge in [-0.15, -0.1) is 0 Å². The first kappa shape index (κ1) is 22.0. The van der Waals surface area contributed by atoms with Crippen LogP contribution in [0.25, 0.3) is 21.9 Å². The van der Waals surface area contributed by atoms with E-state index < -0.39 is 0 Å². The van der Waals surface area contributed by atoms with Crippen molar-refractivity contribution >= 4 is 10.8 Å². The molecule has 4 rings (SSSR count). The average molecular weight is 421 g/mol. The number of fused-ring (bicyclic) bond motifs is 1. The number of benzene rings is 3. The zero-order valence-electron chi connectivity index (χ0n) is 18.7. The van der Waals surface area contributed by atoms with E-state index in [1.165, 1.54) is 75.5 Å². The van der Waals surface area contributed by atoms with Gasteiger partial charge in [0.1, 0.15) is 11.6 Å². The number of hydrogen-bond acceptors (Lipinski definition) is 0. The fourth-order valence-electron chi connectivity index (χ4n) is 5.21. The van der Waals surface area contributed by atoms with Crippen molar-refractivity contribution in [1.29, 1.82) is 0 Å². The fourth-order valence-corrected chi connectivity index (χ4v) is 5.21. The minimum atomic E-state index is -0.306. The lowest BCUT2D eigenvalue weighted by atomic mass is 9.77. The van der Waals surface area contributed by atoms with E-state index in [1.54, 1.807) is 12.1 Å². The lowest BCUT2D eigenvalue weighted by Gasteiger charge is -2.28. The predicted octanol–water partition coefficient (Wildman–Crippen LogP) is 9.10. The molecule has 0 N–H and O–H groups in total. The minimum Gasteiger partial charge on any atom is -0.207 e. The van der Waals surface area contributed by atoms with Gasteiger partial charge < -0.3 is 0 Å². The number of aryl methyl sites for hydroxylation is 1. The number of hydrogen-bond donors (Lipinski definition) is 0. The van der Waals surface area contributed by atoms with Crippen LogP contribution in [0.1, 0.15) is 70.3 Å². The van der Waals surface area contributed by atoms with Crippen LogP contribution < -0.4 is 0 Å². The molecule has 0 aliphatic heterocycles. The Kier molecular flexibility index (Phi) is 7.37. The molecule has 0 aromatic heterocycles. The van der Waals surface area contributed by atoms with Crippen molar-refractivity contribution in [2.24, 2.45) is 11.8 Å². The van der Waals surface area contributed by atoms with Crippen LogP contribution in [0, 0.1) is 23.5 Å². The third-order valence-corrected chi connectivity index (χ3v) is 7.20. The first-order valence-corrected chi connectivity index (χ1v) is 12.1. The molecular formula is C29H34F2. The largest absolute Gasteiger partial charge is 0.207 e. The second kappa shape index (κ2) is 10.4. The van der Waals surface area contributed by atoms with E-state index in [0.29, 0.717) is 16.5 Å². The summed E-state index contributed by atoms with van der Waals surface area (Å²) in [5, 5.41) is 1.58. The van der Waals surface area contributed by atoms with Gasteiger partial charge >= 0.3 is 0 Å². The number of rotatable bonds is 8. The Morgan fingerprint density at radius 2 is 1.48 bits per heavy atom. The zero-order chi connectivity index (χ0) is 21.6. The molecule has 2 heteroatoms. The molecule has 0 unspecified atom stereocenters. The third-order valence-electron chi connectivity index (χ3n) is 7.20. The molecule has 1 aliphatic rings. The molecule has 0 spiro atoms. The van der Waals surface area contributed by atoms with Crippen LogP contribution in [-0.2, 0) is 6.42 Å². The van der Waals surface area contributed by atoms with Crippen molar-refractivity contribution in [2.45, 2.75) is 71.1 Å². The highest BCUT2D eigenvalue weighted by Gasteiger charge is 2.20. The maximum absolute atomic E-state index is 15.1. The van der Waals surface area contributed by atoms with Crippen molar-refractivity contribution in [3.63, 3.8) is 0 Å². The van der Waals surface area contributed by atoms with E-state index in [2.05, 4.69) is 19.1 Å². The van der Waals surface area contributed by atoms with Gasteiger partial charge in [-0.1, -0.05) is 101 Å². The summed E-state index contributed by atoms with van der Waals surface area (Å²) in [7, 11) is 0. The smallest absolute Gasteiger partial charge is 0.138 e. The first-order valence-electron chi connectivity index (χ1n) is 12.1. The first-order chi connectivity index (χ1) is 15.1. The highest BCUT2D eigenvalue weighted by atomic mass is 19.1. The Morgan fingerprint density at radius 1 is 0.774 bits per heavy atom. The molecule has 1 saturated carbocycles. The van der Waals surface area contributed by atoms with Gasteiger partial charge in [0.05, 0.1) is 0 Å². The van der Waals surface area contributed by atoms with Crippen molar-refractivity contribution < 1.29 is 8.78 Å². The molecule has 0 amide bonds. The fraction of sp³-hybridized carbons (Fsp3) is 0.448. The summed E-state index contributed by atoms with van der Waals surface area (Å²) in [6.45, 7) is 2.28. The lowest BCUT2D eigenvalue weighted by Crippen LogP contribution is -2.15. The Bertz CT molecular complexity index is 982. The molecule has 0 nitrogen and oxygen atoms in total. The lowest BCUT2D eigenvalue weighted by molar-refractivity contribution is 0.249. The van der Waals surface area contributed by atoms with Crippen molar-refractivity contribution in [3.8, 4) is 11.1 Å². The maximum Gasteiger partial charge on any atom is 0.138 e. The second-order valence-electron chi connectivity index (χ2n) is 9.41. The number of halogens is 2. The van der Waals surface area contributed by atoms with Gasteiger partial charge in [-0.05, 0) is 53.3 Å². The summed E-state index contributed by atoms with van der Waals surface area (Å²) < 4.78 is 28.3. The van der Waals surface area contributed by atoms with Crippen molar-refractivity contribution in [2.75, 3.05) is 0 Å². The standard InChI is InChI=1S/C29H34F2/c1-2-3-4-5-21-6-8-22(9-7-21)10-11-23-12-18-28-25(20-23)15-19-27(29(28)31)24-13-16-26(30)17-14-24/h12-22H,2-11H2,1H3. The summed E-state index contributed by atoms with van der Waals surface area (Å²) >= 11 is 0. The van der Waals surface area contributed by atoms with Crippen LogP contribution in [0.15, 0.2) is 54.6 Å². The highest BCUT2D eigenvalue weighted by molar-refractivity contribution is 5.88. The number of unbranched alkanes of at least 4 members (excludes halogenated alkanes) is 2. The van der Waals surface area contributed by atoms with E-state index in [4.69, 9.17) is 0 Å². The molecule has 3 aromatic rings. The highest BCUT2D eigenvalue weighted by Crippen LogP contribution is 2.35. The van der Waals surface area contributed by atoms with Gasteiger partial charge in [0.25, 0.3) is 0 Å². The normalized spacial score (nSPS) is 19.1. The Hall–Kier alpha value is -2.22. The van der Waals surface area contributed by atoms with Crippen molar-refractivity contribution in [1.82, 2.24) is 0 Å². The monoisotopic (exact) mass is 420 g/mol.